The first-order chi connectivity index (χ1) is 14.3. The molecule has 0 bridgehead atoms. The van der Waals surface area contributed by atoms with Crippen LogP contribution >= 0.6 is 27.7 Å². The molecule has 0 unspecified atom stereocenters. The van der Waals surface area contributed by atoms with Crippen molar-refractivity contribution in [3.63, 3.8) is 0 Å². The van der Waals surface area contributed by atoms with Crippen LogP contribution in [-0.4, -0.2) is 15.8 Å². The Balaban J connectivity index is 2.02. The normalized spacial score (nSPS) is 10.4. The summed E-state index contributed by atoms with van der Waals surface area (Å²) in [6, 6.07) is 18.0. The van der Waals surface area contributed by atoms with E-state index in [0.717, 1.165) is 27.9 Å². The average molecular weight is 488 g/mol. The summed E-state index contributed by atoms with van der Waals surface area (Å²) in [5.41, 5.74) is 0.0760. The van der Waals surface area contributed by atoms with Crippen LogP contribution in [0.2, 0.25) is 0 Å². The van der Waals surface area contributed by atoms with Gasteiger partial charge >= 0.3 is 0 Å². The van der Waals surface area contributed by atoms with Gasteiger partial charge in [-0.05, 0) is 29.8 Å². The van der Waals surface area contributed by atoms with Crippen molar-refractivity contribution in [1.29, 1.82) is 0 Å². The summed E-state index contributed by atoms with van der Waals surface area (Å²) in [6.07, 6.45) is 0. The molecule has 0 aliphatic rings. The maximum atomic E-state index is 12.9. The van der Waals surface area contributed by atoms with E-state index in [1.165, 1.54) is 6.07 Å². The second kappa shape index (κ2) is 9.51. The summed E-state index contributed by atoms with van der Waals surface area (Å²) >= 11 is 4.42. The Morgan fingerprint density at radius 1 is 0.967 bits per heavy atom. The molecule has 0 saturated carbocycles. The van der Waals surface area contributed by atoms with Crippen LogP contribution in [0.3, 0.4) is 0 Å². The maximum Gasteiger partial charge on any atom is 0.290 e. The van der Waals surface area contributed by atoms with Gasteiger partial charge in [-0.3, -0.25) is 25.0 Å². The third-order valence-corrected chi connectivity index (χ3v) is 5.68. The highest BCUT2D eigenvalue weighted by atomic mass is 79.9. The van der Waals surface area contributed by atoms with Crippen LogP contribution in [0.15, 0.2) is 76.1 Å². The number of benzene rings is 3. The summed E-state index contributed by atoms with van der Waals surface area (Å²) in [7, 11) is 0. The van der Waals surface area contributed by atoms with E-state index in [0.29, 0.717) is 11.4 Å². The fourth-order valence-electron chi connectivity index (χ4n) is 2.64. The molecule has 3 rings (SSSR count). The van der Waals surface area contributed by atoms with E-state index in [1.807, 2.05) is 30.3 Å². The first-order valence-electron chi connectivity index (χ1n) is 8.55. The molecule has 1 amide bonds. The number of nitro benzene ring substituents is 2. The zero-order valence-electron chi connectivity index (χ0n) is 15.3. The van der Waals surface area contributed by atoms with Gasteiger partial charge in [0.1, 0.15) is 5.56 Å². The van der Waals surface area contributed by atoms with Gasteiger partial charge in [-0.1, -0.05) is 46.3 Å². The largest absolute Gasteiger partial charge is 0.322 e. The highest BCUT2D eigenvalue weighted by molar-refractivity contribution is 9.10. The molecule has 0 saturated heterocycles. The van der Waals surface area contributed by atoms with E-state index in [2.05, 4.69) is 21.2 Å². The molecule has 0 fully saturated rings. The fraction of sp³-hybridized carbons (Fsp3) is 0.0500. The molecule has 0 radical (unpaired) electrons. The molecule has 0 aliphatic carbocycles. The minimum atomic E-state index is -0.782. The summed E-state index contributed by atoms with van der Waals surface area (Å²) in [5, 5.41) is 25.5. The molecule has 0 aliphatic heterocycles. The minimum absolute atomic E-state index is 0.161. The first-order valence-corrected chi connectivity index (χ1v) is 10.3. The molecule has 0 spiro atoms. The maximum absolute atomic E-state index is 12.9. The third kappa shape index (κ3) is 5.22. The SMILES string of the molecule is O=C(Nc1ccc(Br)cc1)c1c(SCc2ccccc2)cc([N+](=O)[O-])cc1[N+](=O)[O-]. The topological polar surface area (TPSA) is 115 Å². The molecule has 3 aromatic carbocycles. The lowest BCUT2D eigenvalue weighted by Gasteiger charge is -2.11. The molecular formula is C20H14BrN3O5S. The Morgan fingerprint density at radius 3 is 2.23 bits per heavy atom. The Morgan fingerprint density at radius 2 is 1.63 bits per heavy atom. The van der Waals surface area contributed by atoms with Gasteiger partial charge in [0.25, 0.3) is 17.3 Å². The third-order valence-electron chi connectivity index (χ3n) is 4.04. The second-order valence-electron chi connectivity index (χ2n) is 6.09. The number of nitro groups is 2. The lowest BCUT2D eigenvalue weighted by molar-refractivity contribution is -0.394. The molecule has 8 nitrogen and oxygen atoms in total. The summed E-state index contributed by atoms with van der Waals surface area (Å²) in [5.74, 6) is -0.327. The number of hydrogen-bond acceptors (Lipinski definition) is 6. The van der Waals surface area contributed by atoms with Crippen molar-refractivity contribution in [3.8, 4) is 0 Å². The second-order valence-corrected chi connectivity index (χ2v) is 8.02. The number of carbonyl (C=O) groups excluding carboxylic acids is 1. The number of nitrogens with zero attached hydrogens (tertiary/aromatic N) is 2. The van der Waals surface area contributed by atoms with Crippen LogP contribution in [0.25, 0.3) is 0 Å². The standard InChI is InChI=1S/C20H14BrN3O5S/c21-14-6-8-15(9-7-14)22-20(25)19-17(24(28)29)10-16(23(26)27)11-18(19)30-12-13-4-2-1-3-5-13/h1-11H,12H2,(H,22,25). The molecular weight excluding hydrogens is 474 g/mol. The number of carbonyl (C=O) groups is 1. The number of amides is 1. The van der Waals surface area contributed by atoms with E-state index in [1.54, 1.807) is 24.3 Å². The van der Waals surface area contributed by atoms with Crippen molar-refractivity contribution in [1.82, 2.24) is 0 Å². The molecule has 152 valence electrons. The minimum Gasteiger partial charge on any atom is -0.322 e. The predicted molar refractivity (Wildman–Crippen MR) is 118 cm³/mol. The number of nitrogens with one attached hydrogen (secondary N) is 1. The van der Waals surface area contributed by atoms with Crippen LogP contribution in [0.5, 0.6) is 0 Å². The first kappa shape index (κ1) is 21.5. The average Bonchev–Trinajstić information content (AvgIpc) is 2.73. The highest BCUT2D eigenvalue weighted by Gasteiger charge is 2.29. The van der Waals surface area contributed by atoms with Crippen molar-refractivity contribution in [2.75, 3.05) is 5.32 Å². The van der Waals surface area contributed by atoms with E-state index < -0.39 is 27.1 Å². The molecule has 0 heterocycles. The molecule has 0 atom stereocenters. The number of halogens is 1. The van der Waals surface area contributed by atoms with Gasteiger partial charge in [-0.15, -0.1) is 11.8 Å². The summed E-state index contributed by atoms with van der Waals surface area (Å²) < 4.78 is 0.806. The van der Waals surface area contributed by atoms with Crippen LogP contribution in [0, 0.1) is 20.2 Å². The van der Waals surface area contributed by atoms with Crippen LogP contribution in [-0.2, 0) is 5.75 Å². The molecule has 0 aromatic heterocycles. The predicted octanol–water partition coefficient (Wildman–Crippen LogP) is 5.81. The number of anilines is 1. The lowest BCUT2D eigenvalue weighted by Crippen LogP contribution is -2.15. The molecule has 3 aromatic rings. The fourth-order valence-corrected chi connectivity index (χ4v) is 3.96. The Labute approximate surface area is 183 Å². The Bertz CT molecular complexity index is 1110. The van der Waals surface area contributed by atoms with Gasteiger partial charge in [0.2, 0.25) is 0 Å². The lowest BCUT2D eigenvalue weighted by atomic mass is 10.1. The van der Waals surface area contributed by atoms with Crippen molar-refractivity contribution < 1.29 is 14.6 Å². The van der Waals surface area contributed by atoms with Gasteiger partial charge in [-0.25, -0.2) is 0 Å². The number of rotatable bonds is 7. The van der Waals surface area contributed by atoms with Gasteiger partial charge in [0, 0.05) is 26.9 Å². The van der Waals surface area contributed by atoms with Crippen molar-refractivity contribution in [3.05, 3.63) is 103 Å². The van der Waals surface area contributed by atoms with E-state index >= 15 is 0 Å². The zero-order chi connectivity index (χ0) is 21.7. The summed E-state index contributed by atoms with van der Waals surface area (Å²) in [6.45, 7) is 0. The number of hydrogen-bond donors (Lipinski definition) is 1. The van der Waals surface area contributed by atoms with Crippen molar-refractivity contribution in [2.24, 2.45) is 0 Å². The number of thioether (sulfide) groups is 1. The van der Waals surface area contributed by atoms with Gasteiger partial charge in [-0.2, -0.15) is 0 Å². The molecule has 1 N–H and O–H groups in total. The van der Waals surface area contributed by atoms with Gasteiger partial charge in [0.05, 0.1) is 15.9 Å². The molecule has 10 heteroatoms. The van der Waals surface area contributed by atoms with Gasteiger partial charge in [0.15, 0.2) is 0 Å². The van der Waals surface area contributed by atoms with E-state index in [4.69, 9.17) is 0 Å². The Kier molecular flexibility index (Phi) is 6.80. The van der Waals surface area contributed by atoms with E-state index in [9.17, 15) is 25.0 Å². The van der Waals surface area contributed by atoms with Crippen LogP contribution < -0.4 is 5.32 Å². The Hall–Kier alpha value is -3.24. The monoisotopic (exact) mass is 487 g/mol. The van der Waals surface area contributed by atoms with Crippen molar-refractivity contribution in [2.45, 2.75) is 10.6 Å². The van der Waals surface area contributed by atoms with Crippen molar-refractivity contribution >= 4 is 50.7 Å². The zero-order valence-corrected chi connectivity index (χ0v) is 17.7. The van der Waals surface area contributed by atoms with E-state index in [-0.39, 0.29) is 10.5 Å². The smallest absolute Gasteiger partial charge is 0.290 e. The summed E-state index contributed by atoms with van der Waals surface area (Å²) in [4.78, 5) is 34.5. The van der Waals surface area contributed by atoms with Crippen LogP contribution in [0.1, 0.15) is 15.9 Å². The highest BCUT2D eigenvalue weighted by Crippen LogP contribution is 2.36. The quantitative estimate of drug-likeness (QED) is 0.255. The number of non-ortho nitro benzene ring substituents is 1. The molecule has 30 heavy (non-hydrogen) atoms. The van der Waals surface area contributed by atoms with Crippen LogP contribution in [0.4, 0.5) is 17.1 Å². The van der Waals surface area contributed by atoms with Gasteiger partial charge < -0.3 is 5.32 Å².